The van der Waals surface area contributed by atoms with Crippen LogP contribution < -0.4 is 10.1 Å². The van der Waals surface area contributed by atoms with Gasteiger partial charge in [0.1, 0.15) is 0 Å². The molecule has 2 rings (SSSR count). The Morgan fingerprint density at radius 3 is 3.11 bits per heavy atom. The molecule has 0 radical (unpaired) electrons. The zero-order valence-corrected chi connectivity index (χ0v) is 10.3. The molecule has 6 nitrogen and oxygen atoms in total. The van der Waals surface area contributed by atoms with E-state index in [-0.39, 0.29) is 0 Å². The monoisotopic (exact) mass is 248 g/mol. The summed E-state index contributed by atoms with van der Waals surface area (Å²) in [5, 5.41) is 6.94. The second-order valence-corrected chi connectivity index (χ2v) is 3.72. The average Bonchev–Trinajstić information content (AvgIpc) is 2.91. The maximum Gasteiger partial charge on any atom is 0.213 e. The number of aromatic nitrogens is 3. The van der Waals surface area contributed by atoms with E-state index in [4.69, 9.17) is 4.74 Å². The molecule has 0 aliphatic carbocycles. The van der Waals surface area contributed by atoms with E-state index in [1.807, 2.05) is 12.1 Å². The minimum Gasteiger partial charge on any atom is -0.490 e. The van der Waals surface area contributed by atoms with Crippen LogP contribution in [0.15, 0.2) is 29.2 Å². The fraction of sp³-hybridized carbons (Fsp3) is 0.417. The Labute approximate surface area is 105 Å². The lowest BCUT2D eigenvalue weighted by Crippen LogP contribution is -2.09. The van der Waals surface area contributed by atoms with Gasteiger partial charge in [0.25, 0.3) is 0 Å². The van der Waals surface area contributed by atoms with Gasteiger partial charge in [0.05, 0.1) is 6.61 Å². The SMILES string of the molecule is CCCOc1cccnc1NCCc1ncon1. The molecule has 0 unspecified atom stereocenters. The third-order valence-electron chi connectivity index (χ3n) is 2.28. The number of nitrogens with zero attached hydrogens (tertiary/aromatic N) is 3. The maximum atomic E-state index is 5.60. The van der Waals surface area contributed by atoms with E-state index in [2.05, 4.69) is 31.9 Å². The quantitative estimate of drug-likeness (QED) is 0.806. The molecule has 0 saturated heterocycles. The molecular weight excluding hydrogens is 232 g/mol. The Morgan fingerprint density at radius 1 is 1.39 bits per heavy atom. The summed E-state index contributed by atoms with van der Waals surface area (Å²) < 4.78 is 10.3. The molecule has 2 aromatic heterocycles. The number of pyridine rings is 1. The predicted molar refractivity (Wildman–Crippen MR) is 66.5 cm³/mol. The second kappa shape index (κ2) is 6.58. The van der Waals surface area contributed by atoms with Gasteiger partial charge >= 0.3 is 0 Å². The second-order valence-electron chi connectivity index (χ2n) is 3.72. The third kappa shape index (κ3) is 3.44. The van der Waals surface area contributed by atoms with Crippen molar-refractivity contribution in [3.05, 3.63) is 30.5 Å². The summed E-state index contributed by atoms with van der Waals surface area (Å²) in [4.78, 5) is 8.20. The Balaban J connectivity index is 1.87. The van der Waals surface area contributed by atoms with Crippen LogP contribution in [0.1, 0.15) is 19.2 Å². The van der Waals surface area contributed by atoms with Gasteiger partial charge in [-0.25, -0.2) is 4.98 Å². The van der Waals surface area contributed by atoms with Crippen LogP contribution in [-0.4, -0.2) is 28.3 Å². The minimum atomic E-state index is 0.675. The van der Waals surface area contributed by atoms with Crippen molar-refractivity contribution < 1.29 is 9.26 Å². The van der Waals surface area contributed by atoms with E-state index in [9.17, 15) is 0 Å². The van der Waals surface area contributed by atoms with Crippen LogP contribution in [-0.2, 0) is 6.42 Å². The molecule has 0 spiro atoms. The van der Waals surface area contributed by atoms with E-state index in [0.29, 0.717) is 25.4 Å². The molecule has 0 aromatic carbocycles. The topological polar surface area (TPSA) is 73.1 Å². The first kappa shape index (κ1) is 12.3. The van der Waals surface area contributed by atoms with Crippen LogP contribution in [0.4, 0.5) is 5.82 Å². The molecule has 18 heavy (non-hydrogen) atoms. The standard InChI is InChI=1S/C12H16N4O2/c1-2-8-17-10-4-3-6-13-12(10)14-7-5-11-15-9-18-16-11/h3-4,6,9H,2,5,7-8H2,1H3,(H,13,14). The number of rotatable bonds is 7. The normalized spacial score (nSPS) is 10.3. The van der Waals surface area contributed by atoms with Gasteiger partial charge < -0.3 is 14.6 Å². The van der Waals surface area contributed by atoms with Crippen molar-refractivity contribution in [3.8, 4) is 5.75 Å². The van der Waals surface area contributed by atoms with Gasteiger partial charge in [-0.3, -0.25) is 0 Å². The number of nitrogens with one attached hydrogen (secondary N) is 1. The van der Waals surface area contributed by atoms with Crippen molar-refractivity contribution in [3.63, 3.8) is 0 Å². The zero-order chi connectivity index (χ0) is 12.6. The summed E-state index contributed by atoms with van der Waals surface area (Å²) in [6.45, 7) is 3.43. The van der Waals surface area contributed by atoms with Crippen LogP contribution in [0.3, 0.4) is 0 Å². The number of hydrogen-bond donors (Lipinski definition) is 1. The molecule has 0 atom stereocenters. The predicted octanol–water partition coefficient (Wildman–Crippen LogP) is 1.91. The number of hydrogen-bond acceptors (Lipinski definition) is 6. The van der Waals surface area contributed by atoms with Crippen molar-refractivity contribution in [2.75, 3.05) is 18.5 Å². The Hall–Kier alpha value is -2.11. The number of ether oxygens (including phenoxy) is 1. The molecule has 6 heteroatoms. The first-order chi connectivity index (χ1) is 8.90. The first-order valence-corrected chi connectivity index (χ1v) is 5.97. The molecule has 2 heterocycles. The van der Waals surface area contributed by atoms with Gasteiger partial charge in [0.2, 0.25) is 6.39 Å². The zero-order valence-electron chi connectivity index (χ0n) is 10.3. The van der Waals surface area contributed by atoms with E-state index >= 15 is 0 Å². The molecule has 0 saturated carbocycles. The summed E-state index contributed by atoms with van der Waals surface area (Å²) >= 11 is 0. The van der Waals surface area contributed by atoms with Gasteiger partial charge in [0.15, 0.2) is 17.4 Å². The summed E-state index contributed by atoms with van der Waals surface area (Å²) in [7, 11) is 0. The molecule has 0 bridgehead atoms. The summed E-state index contributed by atoms with van der Waals surface area (Å²) in [6, 6.07) is 3.76. The van der Waals surface area contributed by atoms with Crippen molar-refractivity contribution in [2.24, 2.45) is 0 Å². The molecule has 96 valence electrons. The molecule has 0 aliphatic heterocycles. The molecule has 0 fully saturated rings. The van der Waals surface area contributed by atoms with Gasteiger partial charge in [0, 0.05) is 19.2 Å². The van der Waals surface area contributed by atoms with Crippen molar-refractivity contribution in [2.45, 2.75) is 19.8 Å². The van der Waals surface area contributed by atoms with Crippen LogP contribution in [0.25, 0.3) is 0 Å². The molecular formula is C12H16N4O2. The van der Waals surface area contributed by atoms with Gasteiger partial charge in [-0.05, 0) is 18.6 Å². The lowest BCUT2D eigenvalue weighted by atomic mass is 10.3. The Morgan fingerprint density at radius 2 is 2.33 bits per heavy atom. The summed E-state index contributed by atoms with van der Waals surface area (Å²) in [5.74, 6) is 2.19. The highest BCUT2D eigenvalue weighted by molar-refractivity contribution is 5.49. The highest BCUT2D eigenvalue weighted by Crippen LogP contribution is 2.20. The van der Waals surface area contributed by atoms with Gasteiger partial charge in [-0.15, -0.1) is 0 Å². The molecule has 0 aliphatic rings. The van der Waals surface area contributed by atoms with E-state index in [1.54, 1.807) is 6.20 Å². The van der Waals surface area contributed by atoms with Crippen LogP contribution >= 0.6 is 0 Å². The van der Waals surface area contributed by atoms with E-state index in [0.717, 1.165) is 18.0 Å². The summed E-state index contributed by atoms with van der Waals surface area (Å²) in [5.41, 5.74) is 0. The minimum absolute atomic E-state index is 0.675. The molecule has 2 aromatic rings. The smallest absolute Gasteiger partial charge is 0.213 e. The third-order valence-corrected chi connectivity index (χ3v) is 2.28. The maximum absolute atomic E-state index is 5.60. The molecule has 1 N–H and O–H groups in total. The fourth-order valence-electron chi connectivity index (χ4n) is 1.45. The largest absolute Gasteiger partial charge is 0.490 e. The van der Waals surface area contributed by atoms with Crippen molar-refractivity contribution in [1.82, 2.24) is 15.1 Å². The highest BCUT2D eigenvalue weighted by Gasteiger charge is 2.04. The fourth-order valence-corrected chi connectivity index (χ4v) is 1.45. The first-order valence-electron chi connectivity index (χ1n) is 5.97. The average molecular weight is 248 g/mol. The van der Waals surface area contributed by atoms with E-state index in [1.165, 1.54) is 6.39 Å². The van der Waals surface area contributed by atoms with E-state index < -0.39 is 0 Å². The Kier molecular flexibility index (Phi) is 4.52. The molecule has 0 amide bonds. The van der Waals surface area contributed by atoms with Gasteiger partial charge in [-0.1, -0.05) is 12.1 Å². The lowest BCUT2D eigenvalue weighted by molar-refractivity contribution is 0.318. The highest BCUT2D eigenvalue weighted by atomic mass is 16.5. The van der Waals surface area contributed by atoms with Gasteiger partial charge in [-0.2, -0.15) is 4.98 Å². The van der Waals surface area contributed by atoms with Crippen LogP contribution in [0.5, 0.6) is 5.75 Å². The van der Waals surface area contributed by atoms with Crippen molar-refractivity contribution >= 4 is 5.82 Å². The van der Waals surface area contributed by atoms with Crippen LogP contribution in [0, 0.1) is 0 Å². The Bertz CT molecular complexity index is 459. The lowest BCUT2D eigenvalue weighted by Gasteiger charge is -2.10. The van der Waals surface area contributed by atoms with Crippen molar-refractivity contribution in [1.29, 1.82) is 0 Å². The van der Waals surface area contributed by atoms with Crippen LogP contribution in [0.2, 0.25) is 0 Å². The number of anilines is 1. The summed E-state index contributed by atoms with van der Waals surface area (Å²) in [6.07, 6.45) is 4.71.